The van der Waals surface area contributed by atoms with Gasteiger partial charge in [0, 0.05) is 37.9 Å². The summed E-state index contributed by atoms with van der Waals surface area (Å²) in [6, 6.07) is 8.99. The number of para-hydroxylation sites is 2. The third kappa shape index (κ3) is 2.56. The summed E-state index contributed by atoms with van der Waals surface area (Å²) in [7, 11) is 0. The molecular formula is C18H21N5. The van der Waals surface area contributed by atoms with E-state index in [4.69, 9.17) is 4.98 Å². The first-order valence-corrected chi connectivity index (χ1v) is 8.33. The molecule has 0 spiro atoms. The molecule has 118 valence electrons. The zero-order valence-electron chi connectivity index (χ0n) is 13.4. The van der Waals surface area contributed by atoms with Gasteiger partial charge in [0.25, 0.3) is 0 Å². The molecule has 1 aliphatic heterocycles. The smallest absolute Gasteiger partial charge is 0.147 e. The van der Waals surface area contributed by atoms with Crippen LogP contribution in [0.3, 0.4) is 0 Å². The summed E-state index contributed by atoms with van der Waals surface area (Å²) in [4.78, 5) is 15.7. The minimum Gasteiger partial charge on any atom is -0.355 e. The molecule has 0 amide bonds. The van der Waals surface area contributed by atoms with Crippen molar-refractivity contribution in [1.82, 2.24) is 19.5 Å². The molecule has 1 aliphatic rings. The predicted molar refractivity (Wildman–Crippen MR) is 91.6 cm³/mol. The number of piperidine rings is 1. The average molecular weight is 307 g/mol. The number of anilines is 1. The lowest BCUT2D eigenvalue weighted by Crippen LogP contribution is -2.35. The van der Waals surface area contributed by atoms with Gasteiger partial charge in [0.1, 0.15) is 11.6 Å². The average Bonchev–Trinajstić information content (AvgIpc) is 3.01. The summed E-state index contributed by atoms with van der Waals surface area (Å²) in [6.07, 6.45) is 8.54. The zero-order valence-corrected chi connectivity index (χ0v) is 13.4. The molecule has 1 fully saturated rings. The number of nitrogens with zero attached hydrogens (tertiary/aromatic N) is 5. The Labute approximate surface area is 136 Å². The lowest BCUT2D eigenvalue weighted by Gasteiger charge is -2.34. The molecular weight excluding hydrogens is 286 g/mol. The SMILES string of the molecule is CCc1nc2ccccc2n1C1CCN(c2cnccn2)CC1. The van der Waals surface area contributed by atoms with Gasteiger partial charge in [-0.2, -0.15) is 0 Å². The Morgan fingerprint density at radius 3 is 2.70 bits per heavy atom. The number of aromatic nitrogens is 4. The van der Waals surface area contributed by atoms with Gasteiger partial charge in [-0.1, -0.05) is 19.1 Å². The molecule has 0 radical (unpaired) electrons. The van der Waals surface area contributed by atoms with Crippen molar-refractivity contribution in [2.45, 2.75) is 32.2 Å². The molecule has 0 N–H and O–H groups in total. The van der Waals surface area contributed by atoms with Crippen molar-refractivity contribution in [1.29, 1.82) is 0 Å². The van der Waals surface area contributed by atoms with Crippen molar-refractivity contribution in [2.75, 3.05) is 18.0 Å². The maximum atomic E-state index is 4.81. The Kier molecular flexibility index (Phi) is 3.69. The van der Waals surface area contributed by atoms with Gasteiger partial charge in [0.2, 0.25) is 0 Å². The maximum absolute atomic E-state index is 4.81. The van der Waals surface area contributed by atoms with Crippen LogP contribution in [0.5, 0.6) is 0 Å². The Hall–Kier alpha value is -2.43. The summed E-state index contributed by atoms with van der Waals surface area (Å²) in [5.41, 5.74) is 2.38. The molecule has 2 aromatic heterocycles. The number of aryl methyl sites for hydroxylation is 1. The fraction of sp³-hybridized carbons (Fsp3) is 0.389. The van der Waals surface area contributed by atoms with E-state index in [1.807, 2.05) is 6.20 Å². The molecule has 0 bridgehead atoms. The monoisotopic (exact) mass is 307 g/mol. The van der Waals surface area contributed by atoms with Crippen LogP contribution in [0.1, 0.15) is 31.6 Å². The van der Waals surface area contributed by atoms with Crippen LogP contribution >= 0.6 is 0 Å². The minimum absolute atomic E-state index is 0.519. The lowest BCUT2D eigenvalue weighted by molar-refractivity contribution is 0.394. The molecule has 23 heavy (non-hydrogen) atoms. The van der Waals surface area contributed by atoms with Gasteiger partial charge in [-0.05, 0) is 25.0 Å². The Bertz CT molecular complexity index is 788. The topological polar surface area (TPSA) is 46.8 Å². The third-order valence-electron chi connectivity index (χ3n) is 4.69. The van der Waals surface area contributed by atoms with Crippen molar-refractivity contribution in [2.24, 2.45) is 0 Å². The standard InChI is InChI=1S/C18H21N5/c1-2-17-21-15-5-3-4-6-16(15)23(17)14-7-11-22(12-8-14)18-13-19-9-10-20-18/h3-6,9-10,13-14H,2,7-8,11-12H2,1H3. The lowest BCUT2D eigenvalue weighted by atomic mass is 10.0. The van der Waals surface area contributed by atoms with Gasteiger partial charge >= 0.3 is 0 Å². The highest BCUT2D eigenvalue weighted by molar-refractivity contribution is 5.76. The molecule has 1 aromatic carbocycles. The summed E-state index contributed by atoms with van der Waals surface area (Å²) in [5.74, 6) is 2.18. The summed E-state index contributed by atoms with van der Waals surface area (Å²) in [5, 5.41) is 0. The first kappa shape index (κ1) is 14.2. The van der Waals surface area contributed by atoms with Crippen LogP contribution in [0.2, 0.25) is 0 Å². The number of hydrogen-bond donors (Lipinski definition) is 0. The van der Waals surface area contributed by atoms with Crippen LogP contribution < -0.4 is 4.90 Å². The van der Waals surface area contributed by atoms with Crippen molar-refractivity contribution < 1.29 is 0 Å². The Morgan fingerprint density at radius 1 is 1.13 bits per heavy atom. The van der Waals surface area contributed by atoms with Crippen LogP contribution in [-0.4, -0.2) is 32.6 Å². The summed E-state index contributed by atoms with van der Waals surface area (Å²) >= 11 is 0. The molecule has 0 atom stereocenters. The second-order valence-corrected chi connectivity index (χ2v) is 6.02. The third-order valence-corrected chi connectivity index (χ3v) is 4.69. The molecule has 3 aromatic rings. The molecule has 5 heteroatoms. The van der Waals surface area contributed by atoms with Crippen LogP contribution in [0.15, 0.2) is 42.9 Å². The second-order valence-electron chi connectivity index (χ2n) is 6.02. The fourth-order valence-electron chi connectivity index (χ4n) is 3.56. The first-order valence-electron chi connectivity index (χ1n) is 8.33. The van der Waals surface area contributed by atoms with E-state index in [0.29, 0.717) is 6.04 Å². The van der Waals surface area contributed by atoms with Gasteiger partial charge in [0.15, 0.2) is 0 Å². The quantitative estimate of drug-likeness (QED) is 0.745. The summed E-state index contributed by atoms with van der Waals surface area (Å²) in [6.45, 7) is 4.21. The van der Waals surface area contributed by atoms with E-state index in [1.54, 1.807) is 12.4 Å². The van der Waals surface area contributed by atoms with Gasteiger partial charge in [-0.3, -0.25) is 4.98 Å². The molecule has 0 aliphatic carbocycles. The van der Waals surface area contributed by atoms with Crippen molar-refractivity contribution in [3.05, 3.63) is 48.7 Å². The Morgan fingerprint density at radius 2 is 1.96 bits per heavy atom. The fourth-order valence-corrected chi connectivity index (χ4v) is 3.56. The van der Waals surface area contributed by atoms with Gasteiger partial charge in [0.05, 0.1) is 17.2 Å². The highest BCUT2D eigenvalue weighted by Gasteiger charge is 2.24. The molecule has 3 heterocycles. The van der Waals surface area contributed by atoms with Gasteiger partial charge in [-0.25, -0.2) is 9.97 Å². The van der Waals surface area contributed by atoms with Crippen LogP contribution in [0, 0.1) is 0 Å². The van der Waals surface area contributed by atoms with E-state index < -0.39 is 0 Å². The van der Waals surface area contributed by atoms with Crippen molar-refractivity contribution in [3.8, 4) is 0 Å². The van der Waals surface area contributed by atoms with Crippen molar-refractivity contribution in [3.63, 3.8) is 0 Å². The maximum Gasteiger partial charge on any atom is 0.147 e. The van der Waals surface area contributed by atoms with E-state index in [9.17, 15) is 0 Å². The molecule has 0 unspecified atom stereocenters. The number of hydrogen-bond acceptors (Lipinski definition) is 4. The van der Waals surface area contributed by atoms with Crippen molar-refractivity contribution >= 4 is 16.9 Å². The number of fused-ring (bicyclic) bond motifs is 1. The zero-order chi connectivity index (χ0) is 15.6. The van der Waals surface area contributed by atoms with E-state index >= 15 is 0 Å². The minimum atomic E-state index is 0.519. The number of imidazole rings is 1. The second kappa shape index (κ2) is 5.99. The Balaban J connectivity index is 1.59. The van der Waals surface area contributed by atoms with E-state index in [2.05, 4.69) is 50.6 Å². The highest BCUT2D eigenvalue weighted by Crippen LogP contribution is 2.30. The molecule has 1 saturated heterocycles. The molecule has 5 nitrogen and oxygen atoms in total. The van der Waals surface area contributed by atoms with E-state index in [1.165, 1.54) is 11.3 Å². The van der Waals surface area contributed by atoms with E-state index in [0.717, 1.165) is 43.7 Å². The normalized spacial score (nSPS) is 16.1. The highest BCUT2D eigenvalue weighted by atomic mass is 15.2. The first-order chi connectivity index (χ1) is 11.4. The largest absolute Gasteiger partial charge is 0.355 e. The van der Waals surface area contributed by atoms with Crippen LogP contribution in [-0.2, 0) is 6.42 Å². The molecule has 4 rings (SSSR count). The van der Waals surface area contributed by atoms with Gasteiger partial charge in [-0.15, -0.1) is 0 Å². The molecule has 0 saturated carbocycles. The van der Waals surface area contributed by atoms with Crippen LogP contribution in [0.25, 0.3) is 11.0 Å². The number of benzene rings is 1. The van der Waals surface area contributed by atoms with Crippen LogP contribution in [0.4, 0.5) is 5.82 Å². The van der Waals surface area contributed by atoms with Gasteiger partial charge < -0.3 is 9.47 Å². The number of rotatable bonds is 3. The predicted octanol–water partition coefficient (Wildman–Crippen LogP) is 3.23. The summed E-state index contributed by atoms with van der Waals surface area (Å²) < 4.78 is 2.46. The van der Waals surface area contributed by atoms with E-state index in [-0.39, 0.29) is 0 Å².